The first kappa shape index (κ1) is 13.8. The number of aromatic nitrogens is 4. The predicted molar refractivity (Wildman–Crippen MR) is 72.2 cm³/mol. The Labute approximate surface area is 113 Å². The van der Waals surface area contributed by atoms with Crippen LogP contribution in [0.5, 0.6) is 0 Å². The maximum Gasteiger partial charge on any atom is 0.332 e. The normalized spacial score (nSPS) is 11.0. The quantitative estimate of drug-likeness (QED) is 0.741. The average Bonchev–Trinajstić information content (AvgIpc) is 2.72. The minimum Gasteiger partial charge on any atom is -0.480 e. The van der Waals surface area contributed by atoms with E-state index in [9.17, 15) is 14.4 Å². The Kier molecular flexibility index (Phi) is 3.12. The maximum absolute atomic E-state index is 12.2. The van der Waals surface area contributed by atoms with Gasteiger partial charge in [0.25, 0.3) is 5.56 Å². The molecule has 0 aliphatic rings. The van der Waals surface area contributed by atoms with Crippen LogP contribution in [0.3, 0.4) is 0 Å². The molecule has 9 nitrogen and oxygen atoms in total. The number of rotatable bonds is 3. The van der Waals surface area contributed by atoms with Gasteiger partial charge in [0.15, 0.2) is 11.2 Å². The summed E-state index contributed by atoms with van der Waals surface area (Å²) in [7, 11) is 6.20. The Morgan fingerprint density at radius 1 is 1.25 bits per heavy atom. The summed E-state index contributed by atoms with van der Waals surface area (Å²) in [5.41, 5.74) is -0.804. The summed E-state index contributed by atoms with van der Waals surface area (Å²) in [5, 5.41) is 8.99. The molecule has 2 heterocycles. The molecule has 0 aliphatic heterocycles. The molecule has 1 N–H and O–H groups in total. The second kappa shape index (κ2) is 4.51. The third-order valence-corrected chi connectivity index (χ3v) is 3.02. The molecule has 0 atom stereocenters. The van der Waals surface area contributed by atoms with Gasteiger partial charge in [-0.15, -0.1) is 0 Å². The van der Waals surface area contributed by atoms with Gasteiger partial charge in [-0.2, -0.15) is 4.98 Å². The van der Waals surface area contributed by atoms with Crippen molar-refractivity contribution in [2.45, 2.75) is 6.54 Å². The molecular weight excluding hydrogens is 266 g/mol. The van der Waals surface area contributed by atoms with E-state index in [1.807, 2.05) is 0 Å². The fourth-order valence-corrected chi connectivity index (χ4v) is 2.06. The zero-order valence-electron chi connectivity index (χ0n) is 11.6. The van der Waals surface area contributed by atoms with Gasteiger partial charge in [-0.3, -0.25) is 23.3 Å². The average molecular weight is 281 g/mol. The molecule has 0 saturated heterocycles. The van der Waals surface area contributed by atoms with Gasteiger partial charge in [-0.25, -0.2) is 4.79 Å². The minimum absolute atomic E-state index is 0.0979. The molecule has 0 aromatic carbocycles. The van der Waals surface area contributed by atoms with Crippen LogP contribution in [0.25, 0.3) is 11.2 Å². The summed E-state index contributed by atoms with van der Waals surface area (Å²) >= 11 is 0. The number of carbonyl (C=O) groups is 1. The summed E-state index contributed by atoms with van der Waals surface area (Å²) in [5.74, 6) is -0.788. The smallest absolute Gasteiger partial charge is 0.332 e. The highest BCUT2D eigenvalue weighted by atomic mass is 16.4. The van der Waals surface area contributed by atoms with Crippen molar-refractivity contribution in [2.75, 3.05) is 19.0 Å². The van der Waals surface area contributed by atoms with E-state index >= 15 is 0 Å². The van der Waals surface area contributed by atoms with E-state index in [2.05, 4.69) is 4.98 Å². The molecule has 2 aromatic heterocycles. The lowest BCUT2D eigenvalue weighted by molar-refractivity contribution is -0.137. The zero-order chi connectivity index (χ0) is 15.2. The van der Waals surface area contributed by atoms with Gasteiger partial charge in [0.1, 0.15) is 6.54 Å². The lowest BCUT2D eigenvalue weighted by Gasteiger charge is -2.12. The zero-order valence-corrected chi connectivity index (χ0v) is 11.6. The first-order valence-electron chi connectivity index (χ1n) is 5.81. The highest BCUT2D eigenvalue weighted by Gasteiger charge is 2.21. The van der Waals surface area contributed by atoms with Crippen molar-refractivity contribution in [1.29, 1.82) is 0 Å². The number of aliphatic carboxylic acids is 1. The van der Waals surface area contributed by atoms with Gasteiger partial charge >= 0.3 is 11.7 Å². The number of hydrogen-bond acceptors (Lipinski definition) is 5. The molecule has 0 saturated carbocycles. The number of anilines is 1. The van der Waals surface area contributed by atoms with Crippen LogP contribution in [-0.2, 0) is 25.4 Å². The van der Waals surface area contributed by atoms with Crippen LogP contribution in [0.4, 0.5) is 5.95 Å². The molecule has 0 bridgehead atoms. The van der Waals surface area contributed by atoms with Crippen LogP contribution in [0.1, 0.15) is 0 Å². The van der Waals surface area contributed by atoms with Crippen LogP contribution in [0.15, 0.2) is 9.59 Å². The van der Waals surface area contributed by atoms with Crippen LogP contribution >= 0.6 is 0 Å². The van der Waals surface area contributed by atoms with Gasteiger partial charge in [-0.05, 0) is 0 Å². The highest BCUT2D eigenvalue weighted by Crippen LogP contribution is 2.17. The predicted octanol–water partition coefficient (Wildman–Crippen LogP) is -1.42. The molecule has 2 aromatic rings. The van der Waals surface area contributed by atoms with E-state index in [-0.39, 0.29) is 11.2 Å². The number of aryl methyl sites for hydroxylation is 1. The number of hydrogen-bond donors (Lipinski definition) is 1. The van der Waals surface area contributed by atoms with Crippen LogP contribution in [-0.4, -0.2) is 43.9 Å². The van der Waals surface area contributed by atoms with E-state index in [0.717, 1.165) is 4.57 Å². The third-order valence-electron chi connectivity index (χ3n) is 3.02. The number of carboxylic acid groups (broad SMARTS) is 1. The molecule has 0 amide bonds. The summed E-state index contributed by atoms with van der Waals surface area (Å²) in [6.45, 7) is -0.405. The second-order valence-corrected chi connectivity index (χ2v) is 4.66. The Morgan fingerprint density at radius 2 is 1.85 bits per heavy atom. The fourth-order valence-electron chi connectivity index (χ4n) is 2.06. The van der Waals surface area contributed by atoms with Crippen molar-refractivity contribution in [3.8, 4) is 0 Å². The van der Waals surface area contributed by atoms with E-state index in [1.54, 1.807) is 19.0 Å². The van der Waals surface area contributed by atoms with Crippen LogP contribution < -0.4 is 16.1 Å². The lowest BCUT2D eigenvalue weighted by Crippen LogP contribution is -2.37. The molecule has 0 unspecified atom stereocenters. The monoisotopic (exact) mass is 281 g/mol. The van der Waals surface area contributed by atoms with Crippen LogP contribution in [0, 0.1) is 0 Å². The number of fused-ring (bicyclic) bond motifs is 1. The number of nitrogens with zero attached hydrogens (tertiary/aromatic N) is 5. The molecule has 0 spiro atoms. The minimum atomic E-state index is -1.09. The van der Waals surface area contributed by atoms with Gasteiger partial charge < -0.3 is 10.0 Å². The molecule has 20 heavy (non-hydrogen) atoms. The molecule has 108 valence electrons. The molecule has 9 heteroatoms. The van der Waals surface area contributed by atoms with Crippen molar-refractivity contribution < 1.29 is 9.90 Å². The summed E-state index contributed by atoms with van der Waals surface area (Å²) in [6, 6.07) is 0. The third kappa shape index (κ3) is 1.87. The van der Waals surface area contributed by atoms with E-state index < -0.39 is 23.8 Å². The lowest BCUT2D eigenvalue weighted by atomic mass is 10.5. The SMILES string of the molecule is CN(C)c1nc2c(c(=O)n(C)c(=O)n2C)n1CC(=O)O. The van der Waals surface area contributed by atoms with Gasteiger partial charge in [-0.1, -0.05) is 0 Å². The molecule has 0 aliphatic carbocycles. The van der Waals surface area contributed by atoms with Crippen molar-refractivity contribution >= 4 is 23.1 Å². The second-order valence-electron chi connectivity index (χ2n) is 4.66. The Morgan fingerprint density at radius 3 is 2.35 bits per heavy atom. The molecule has 2 rings (SSSR count). The first-order chi connectivity index (χ1) is 9.25. The van der Waals surface area contributed by atoms with Gasteiger partial charge in [0.05, 0.1) is 0 Å². The summed E-state index contributed by atoms with van der Waals surface area (Å²) < 4.78 is 3.45. The standard InChI is InChI=1S/C11H15N5O4/c1-13(2)10-12-8-7(16(10)5-6(17)18)9(19)15(4)11(20)14(8)3/h5H2,1-4H3,(H,17,18). The molecule has 0 radical (unpaired) electrons. The molecular formula is C11H15N5O4. The summed E-state index contributed by atoms with van der Waals surface area (Å²) in [4.78, 5) is 40.9. The fraction of sp³-hybridized carbons (Fsp3) is 0.455. The van der Waals surface area contributed by atoms with Crippen LogP contribution in [0.2, 0.25) is 0 Å². The summed E-state index contributed by atoms with van der Waals surface area (Å²) in [6.07, 6.45) is 0. The van der Waals surface area contributed by atoms with Crippen molar-refractivity contribution in [3.63, 3.8) is 0 Å². The van der Waals surface area contributed by atoms with Crippen molar-refractivity contribution in [3.05, 3.63) is 20.8 Å². The Hall–Kier alpha value is -2.58. The van der Waals surface area contributed by atoms with E-state index in [0.29, 0.717) is 5.95 Å². The van der Waals surface area contributed by atoms with Gasteiger partial charge in [0, 0.05) is 28.2 Å². The highest BCUT2D eigenvalue weighted by molar-refractivity contribution is 5.77. The van der Waals surface area contributed by atoms with Crippen molar-refractivity contribution in [1.82, 2.24) is 18.7 Å². The Bertz CT molecular complexity index is 811. The van der Waals surface area contributed by atoms with Gasteiger partial charge in [0.2, 0.25) is 5.95 Å². The van der Waals surface area contributed by atoms with E-state index in [4.69, 9.17) is 5.11 Å². The van der Waals surface area contributed by atoms with Crippen molar-refractivity contribution in [2.24, 2.45) is 14.1 Å². The Balaban J connectivity index is 3.01. The van der Waals surface area contributed by atoms with E-state index in [1.165, 1.54) is 23.2 Å². The molecule has 0 fully saturated rings. The topological polar surface area (TPSA) is 102 Å². The number of imidazole rings is 1. The largest absolute Gasteiger partial charge is 0.480 e. The maximum atomic E-state index is 12.2. The number of carboxylic acids is 1. The first-order valence-corrected chi connectivity index (χ1v) is 5.81.